The molecular weight excluding hydrogens is 232 g/mol. The molecule has 0 bridgehead atoms. The number of hydrogen-bond donors (Lipinski definition) is 3. The lowest BCUT2D eigenvalue weighted by Crippen LogP contribution is -2.51. The van der Waals surface area contributed by atoms with Crippen molar-refractivity contribution in [3.05, 3.63) is 35.9 Å². The maximum Gasteiger partial charge on any atom is 0.406 e. The zero-order chi connectivity index (χ0) is 12.4. The number of nitrogens with one attached hydrogen (secondary N) is 1. The molecule has 0 saturated carbocycles. The van der Waals surface area contributed by atoms with Crippen molar-refractivity contribution in [1.29, 1.82) is 0 Å². The molecule has 0 saturated heterocycles. The molecule has 0 heterocycles. The molecule has 6 nitrogen and oxygen atoms in total. The zero-order valence-electron chi connectivity index (χ0n) is 8.54. The molecule has 1 aromatic rings. The predicted octanol–water partition coefficient (Wildman–Crippen LogP) is 0.415. The van der Waals surface area contributed by atoms with Crippen molar-refractivity contribution < 1.29 is 18.3 Å². The second-order valence-electron chi connectivity index (χ2n) is 3.37. The summed E-state index contributed by atoms with van der Waals surface area (Å²) in [5.74, 6) is 0. The van der Waals surface area contributed by atoms with E-state index in [0.29, 0.717) is 0 Å². The van der Waals surface area contributed by atoms with Crippen LogP contribution in [0.2, 0.25) is 0 Å². The molecule has 1 atom stereocenters. The van der Waals surface area contributed by atoms with E-state index in [1.165, 1.54) is 19.1 Å². The van der Waals surface area contributed by atoms with Gasteiger partial charge in [-0.05, 0) is 12.5 Å². The highest BCUT2D eigenvalue weighted by molar-refractivity contribution is 7.90. The Balaban J connectivity index is 3.32. The third-order valence-corrected chi connectivity index (χ3v) is 3.71. The zero-order valence-corrected chi connectivity index (χ0v) is 9.36. The second kappa shape index (κ2) is 4.11. The van der Waals surface area contributed by atoms with Gasteiger partial charge in [0, 0.05) is 0 Å². The van der Waals surface area contributed by atoms with Crippen molar-refractivity contribution in [2.24, 2.45) is 5.14 Å². The number of sulfonamides is 1. The molecule has 0 radical (unpaired) electrons. The van der Waals surface area contributed by atoms with Crippen LogP contribution in [0, 0.1) is 0 Å². The first-order chi connectivity index (χ1) is 7.27. The number of rotatable bonds is 3. The predicted molar refractivity (Wildman–Crippen MR) is 58.1 cm³/mol. The monoisotopic (exact) mass is 244 g/mol. The Morgan fingerprint density at radius 3 is 2.25 bits per heavy atom. The van der Waals surface area contributed by atoms with Crippen LogP contribution in [0.4, 0.5) is 4.79 Å². The maximum atomic E-state index is 11.4. The van der Waals surface area contributed by atoms with Crippen LogP contribution in [0.15, 0.2) is 30.3 Å². The van der Waals surface area contributed by atoms with E-state index in [4.69, 9.17) is 10.2 Å². The lowest BCUT2D eigenvalue weighted by atomic mass is 10.1. The highest BCUT2D eigenvalue weighted by Gasteiger charge is 2.40. The van der Waals surface area contributed by atoms with E-state index < -0.39 is 21.0 Å². The first-order valence-electron chi connectivity index (χ1n) is 4.36. The topological polar surface area (TPSA) is 109 Å². The highest BCUT2D eigenvalue weighted by atomic mass is 32.2. The molecule has 0 aliphatic rings. The van der Waals surface area contributed by atoms with Crippen LogP contribution in [-0.2, 0) is 14.9 Å². The summed E-state index contributed by atoms with van der Waals surface area (Å²) >= 11 is 0. The van der Waals surface area contributed by atoms with E-state index in [2.05, 4.69) is 0 Å². The van der Waals surface area contributed by atoms with Gasteiger partial charge < -0.3 is 5.11 Å². The third kappa shape index (κ3) is 2.31. The summed E-state index contributed by atoms with van der Waals surface area (Å²) in [6, 6.07) is 7.86. The van der Waals surface area contributed by atoms with Gasteiger partial charge in [-0.2, -0.15) is 0 Å². The molecule has 1 rings (SSSR count). The van der Waals surface area contributed by atoms with Crippen molar-refractivity contribution in [1.82, 2.24) is 5.32 Å². The minimum Gasteiger partial charge on any atom is -0.465 e. The van der Waals surface area contributed by atoms with Crippen LogP contribution in [0.1, 0.15) is 12.5 Å². The summed E-state index contributed by atoms with van der Waals surface area (Å²) in [6.45, 7) is 1.20. The molecule has 0 spiro atoms. The quantitative estimate of drug-likeness (QED) is 0.715. The van der Waals surface area contributed by atoms with Gasteiger partial charge in [0.1, 0.15) is 0 Å². The number of hydrogen-bond acceptors (Lipinski definition) is 3. The largest absolute Gasteiger partial charge is 0.465 e. The number of benzene rings is 1. The van der Waals surface area contributed by atoms with Crippen LogP contribution in [-0.4, -0.2) is 19.6 Å². The molecule has 0 aromatic heterocycles. The Kier molecular flexibility index (Phi) is 3.20. The van der Waals surface area contributed by atoms with E-state index in [0.717, 1.165) is 0 Å². The summed E-state index contributed by atoms with van der Waals surface area (Å²) in [5.41, 5.74) is 0.264. The average Bonchev–Trinajstić information content (AvgIpc) is 2.16. The van der Waals surface area contributed by atoms with E-state index in [1.54, 1.807) is 18.2 Å². The molecule has 1 amide bonds. The summed E-state index contributed by atoms with van der Waals surface area (Å²) in [5, 5.41) is 15.6. The Morgan fingerprint density at radius 2 is 1.88 bits per heavy atom. The molecule has 16 heavy (non-hydrogen) atoms. The van der Waals surface area contributed by atoms with E-state index in [-0.39, 0.29) is 5.56 Å². The molecular formula is C9H12N2O4S. The fourth-order valence-corrected chi connectivity index (χ4v) is 1.96. The van der Waals surface area contributed by atoms with Gasteiger partial charge in [0.25, 0.3) is 0 Å². The second-order valence-corrected chi connectivity index (χ2v) is 5.28. The van der Waals surface area contributed by atoms with Gasteiger partial charge >= 0.3 is 6.09 Å². The van der Waals surface area contributed by atoms with Crippen molar-refractivity contribution in [2.45, 2.75) is 11.8 Å². The number of carbonyl (C=O) groups is 1. The van der Waals surface area contributed by atoms with Gasteiger partial charge in [-0.3, -0.25) is 5.32 Å². The van der Waals surface area contributed by atoms with Gasteiger partial charge in [0.15, 0.2) is 4.87 Å². The normalized spacial score (nSPS) is 15.1. The van der Waals surface area contributed by atoms with Crippen LogP contribution >= 0.6 is 0 Å². The fourth-order valence-electron chi connectivity index (χ4n) is 1.27. The number of amides is 1. The number of nitrogens with two attached hydrogens (primary N) is 1. The van der Waals surface area contributed by atoms with Crippen LogP contribution in [0.3, 0.4) is 0 Å². The SMILES string of the molecule is CC(NC(=O)O)(c1ccccc1)S(N)(=O)=O. The minimum absolute atomic E-state index is 0.264. The smallest absolute Gasteiger partial charge is 0.406 e. The van der Waals surface area contributed by atoms with Crippen LogP contribution in [0.5, 0.6) is 0 Å². The number of carboxylic acid groups (broad SMARTS) is 1. The molecule has 1 unspecified atom stereocenters. The van der Waals surface area contributed by atoms with E-state index >= 15 is 0 Å². The highest BCUT2D eigenvalue weighted by Crippen LogP contribution is 2.24. The Labute approximate surface area is 93.1 Å². The minimum atomic E-state index is -4.10. The average molecular weight is 244 g/mol. The molecule has 88 valence electrons. The van der Waals surface area contributed by atoms with Gasteiger partial charge in [-0.1, -0.05) is 30.3 Å². The van der Waals surface area contributed by atoms with Crippen LogP contribution in [0.25, 0.3) is 0 Å². The molecule has 7 heteroatoms. The van der Waals surface area contributed by atoms with Crippen molar-refractivity contribution in [2.75, 3.05) is 0 Å². The Bertz CT molecular complexity index is 485. The van der Waals surface area contributed by atoms with Crippen molar-refractivity contribution in [3.8, 4) is 0 Å². The fraction of sp³-hybridized carbons (Fsp3) is 0.222. The standard InChI is InChI=1S/C9H12N2O4S/c1-9(11-8(12)13,16(10,14)15)7-5-3-2-4-6-7/h2-6,11H,1H3,(H,12,13)(H2,10,14,15). The van der Waals surface area contributed by atoms with Gasteiger partial charge in [-0.25, -0.2) is 18.4 Å². The van der Waals surface area contributed by atoms with Gasteiger partial charge in [0.05, 0.1) is 0 Å². The van der Waals surface area contributed by atoms with E-state index in [9.17, 15) is 13.2 Å². The van der Waals surface area contributed by atoms with Crippen molar-refractivity contribution >= 4 is 16.1 Å². The molecule has 0 aliphatic carbocycles. The lowest BCUT2D eigenvalue weighted by molar-refractivity contribution is 0.187. The number of primary sulfonamides is 1. The summed E-state index contributed by atoms with van der Waals surface area (Å²) in [4.78, 5) is 8.76. The summed E-state index contributed by atoms with van der Waals surface area (Å²) in [6.07, 6.45) is -1.46. The van der Waals surface area contributed by atoms with Crippen molar-refractivity contribution in [3.63, 3.8) is 0 Å². The van der Waals surface area contributed by atoms with Crippen LogP contribution < -0.4 is 10.5 Å². The molecule has 1 aromatic carbocycles. The molecule has 0 aliphatic heterocycles. The Morgan fingerprint density at radius 1 is 1.38 bits per heavy atom. The van der Waals surface area contributed by atoms with Gasteiger partial charge in [0.2, 0.25) is 10.0 Å². The Hall–Kier alpha value is -1.60. The first kappa shape index (κ1) is 12.5. The van der Waals surface area contributed by atoms with E-state index in [1.807, 2.05) is 5.32 Å². The summed E-state index contributed by atoms with van der Waals surface area (Å²) in [7, 11) is -4.10. The first-order valence-corrected chi connectivity index (χ1v) is 5.91. The summed E-state index contributed by atoms with van der Waals surface area (Å²) < 4.78 is 22.9. The lowest BCUT2D eigenvalue weighted by Gasteiger charge is -2.27. The maximum absolute atomic E-state index is 11.4. The molecule has 4 N–H and O–H groups in total. The van der Waals surface area contributed by atoms with Gasteiger partial charge in [-0.15, -0.1) is 0 Å². The third-order valence-electron chi connectivity index (χ3n) is 2.24. The molecule has 0 fully saturated rings.